The minimum absolute atomic E-state index is 0.147. The summed E-state index contributed by atoms with van der Waals surface area (Å²) in [4.78, 5) is 27.9. The van der Waals surface area contributed by atoms with Crippen molar-refractivity contribution < 1.29 is 9.59 Å². The Morgan fingerprint density at radius 3 is 2.50 bits per heavy atom. The molecule has 1 amide bonds. The van der Waals surface area contributed by atoms with Gasteiger partial charge in [0.2, 0.25) is 5.91 Å². The molecule has 0 bridgehead atoms. The first kappa shape index (κ1) is 26.2. The van der Waals surface area contributed by atoms with Crippen molar-refractivity contribution in [1.29, 1.82) is 0 Å². The van der Waals surface area contributed by atoms with Crippen LogP contribution in [-0.4, -0.2) is 74.8 Å². The lowest BCUT2D eigenvalue weighted by Crippen LogP contribution is -2.36. The van der Waals surface area contributed by atoms with E-state index in [2.05, 4.69) is 51.0 Å². The van der Waals surface area contributed by atoms with E-state index in [-0.39, 0.29) is 5.91 Å². The highest BCUT2D eigenvalue weighted by Gasteiger charge is 2.33. The molecule has 2 aromatic heterocycles. The molecule has 0 radical (unpaired) electrons. The van der Waals surface area contributed by atoms with E-state index in [1.165, 1.54) is 35.0 Å². The number of piperidine rings is 1. The number of hydrogen-bond acceptors (Lipinski definition) is 6. The molecule has 0 atom stereocenters. The fourth-order valence-electron chi connectivity index (χ4n) is 6.02. The lowest BCUT2D eigenvalue weighted by molar-refractivity contribution is -0.129. The number of hydrogen-bond donors (Lipinski definition) is 0. The Labute approximate surface area is 225 Å². The van der Waals surface area contributed by atoms with E-state index in [0.29, 0.717) is 12.6 Å². The molecule has 9 nitrogen and oxygen atoms in total. The number of carbonyl (C=O) groups excluding carboxylic acids is 2. The highest BCUT2D eigenvalue weighted by Crippen LogP contribution is 2.40. The highest BCUT2D eigenvalue weighted by atomic mass is 16.2. The minimum Gasteiger partial charge on any atom is -0.338 e. The number of aldehydes is 1. The Morgan fingerprint density at radius 2 is 1.82 bits per heavy atom. The molecule has 3 aliphatic rings. The number of aryl methyl sites for hydroxylation is 2. The summed E-state index contributed by atoms with van der Waals surface area (Å²) in [6.45, 7) is 7.74. The normalized spacial score (nSPS) is 17.9. The number of nitrogens with zero attached hydrogens (tertiary/aromatic N) is 7. The molecule has 0 unspecified atom stereocenters. The molecule has 202 valence electrons. The van der Waals surface area contributed by atoms with Gasteiger partial charge in [0.25, 0.3) is 0 Å². The Kier molecular flexibility index (Phi) is 7.65. The predicted molar refractivity (Wildman–Crippen MR) is 148 cm³/mol. The number of fused-ring (bicyclic) bond motifs is 2. The van der Waals surface area contributed by atoms with Crippen molar-refractivity contribution >= 4 is 23.7 Å². The average Bonchev–Trinajstić information content (AvgIpc) is 3.52. The maximum Gasteiger partial charge on any atom is 0.219 e. The van der Waals surface area contributed by atoms with Crippen LogP contribution in [0.2, 0.25) is 0 Å². The summed E-state index contributed by atoms with van der Waals surface area (Å²) in [6.07, 6.45) is 10.1. The van der Waals surface area contributed by atoms with Crippen molar-refractivity contribution in [2.24, 2.45) is 7.05 Å². The average molecular weight is 518 g/mol. The van der Waals surface area contributed by atoms with Gasteiger partial charge in [0, 0.05) is 62.2 Å². The lowest BCUT2D eigenvalue weighted by atomic mass is 9.96. The second-order valence-electron chi connectivity index (χ2n) is 10.7. The third kappa shape index (κ3) is 5.12. The van der Waals surface area contributed by atoms with E-state index in [1.807, 2.05) is 22.8 Å². The summed E-state index contributed by atoms with van der Waals surface area (Å²) in [7, 11) is 4.16. The monoisotopic (exact) mass is 517 g/mol. The van der Waals surface area contributed by atoms with Crippen LogP contribution in [-0.2, 0) is 36.0 Å². The molecule has 38 heavy (non-hydrogen) atoms. The van der Waals surface area contributed by atoms with Crippen LogP contribution in [0.1, 0.15) is 56.0 Å². The fraction of sp³-hybridized carbons (Fsp3) is 0.517. The molecule has 1 aromatic carbocycles. The summed E-state index contributed by atoms with van der Waals surface area (Å²) in [5.41, 5.74) is 7.55. The third-order valence-electron chi connectivity index (χ3n) is 8.04. The highest BCUT2D eigenvalue weighted by molar-refractivity contribution is 5.76. The molecule has 1 fully saturated rings. The first-order chi connectivity index (χ1) is 18.4. The Balaban J connectivity index is 0.000000937. The Hall–Kier alpha value is -3.46. The largest absolute Gasteiger partial charge is 0.338 e. The Morgan fingerprint density at radius 1 is 1.05 bits per heavy atom. The van der Waals surface area contributed by atoms with Crippen LogP contribution in [0.4, 0.5) is 11.5 Å². The van der Waals surface area contributed by atoms with E-state index < -0.39 is 0 Å². The van der Waals surface area contributed by atoms with Crippen LogP contribution >= 0.6 is 0 Å². The van der Waals surface area contributed by atoms with Gasteiger partial charge in [-0.2, -0.15) is 10.2 Å². The molecule has 6 rings (SSSR count). The number of anilines is 2. The molecular weight excluding hydrogens is 478 g/mol. The van der Waals surface area contributed by atoms with Gasteiger partial charge >= 0.3 is 0 Å². The zero-order valence-corrected chi connectivity index (χ0v) is 23.1. The third-order valence-corrected chi connectivity index (χ3v) is 8.04. The number of benzene rings is 1. The summed E-state index contributed by atoms with van der Waals surface area (Å²) in [6, 6.07) is 7.22. The molecule has 5 heterocycles. The second kappa shape index (κ2) is 11.1. The maximum absolute atomic E-state index is 12.3. The van der Waals surface area contributed by atoms with Crippen molar-refractivity contribution in [1.82, 2.24) is 29.4 Å². The predicted octanol–water partition coefficient (Wildman–Crippen LogP) is 3.74. The van der Waals surface area contributed by atoms with Crippen molar-refractivity contribution in [2.45, 2.75) is 58.5 Å². The van der Waals surface area contributed by atoms with Crippen LogP contribution in [0.5, 0.6) is 0 Å². The van der Waals surface area contributed by atoms with E-state index in [0.717, 1.165) is 76.0 Å². The van der Waals surface area contributed by atoms with Crippen LogP contribution in [0.25, 0.3) is 11.1 Å². The van der Waals surface area contributed by atoms with Gasteiger partial charge in [-0.3, -0.25) is 14.2 Å². The van der Waals surface area contributed by atoms with Gasteiger partial charge in [-0.15, -0.1) is 0 Å². The molecule has 3 aromatic rings. The quantitative estimate of drug-likeness (QED) is 0.493. The molecule has 0 aliphatic carbocycles. The molecule has 3 aliphatic heterocycles. The maximum atomic E-state index is 12.3. The van der Waals surface area contributed by atoms with Gasteiger partial charge in [0.1, 0.15) is 6.29 Å². The molecule has 0 spiro atoms. The van der Waals surface area contributed by atoms with Gasteiger partial charge in [-0.05, 0) is 76.0 Å². The van der Waals surface area contributed by atoms with Gasteiger partial charge in [-0.1, -0.05) is 6.07 Å². The smallest absolute Gasteiger partial charge is 0.219 e. The van der Waals surface area contributed by atoms with Crippen LogP contribution in [0, 0.1) is 0 Å². The zero-order valence-electron chi connectivity index (χ0n) is 23.1. The number of aromatic nitrogens is 4. The number of rotatable bonds is 3. The summed E-state index contributed by atoms with van der Waals surface area (Å²) in [5.74, 6) is 1.20. The van der Waals surface area contributed by atoms with Gasteiger partial charge in [0.15, 0.2) is 5.82 Å². The molecule has 9 heteroatoms. The molecule has 0 N–H and O–H groups in total. The van der Waals surface area contributed by atoms with Crippen LogP contribution < -0.4 is 4.90 Å². The summed E-state index contributed by atoms with van der Waals surface area (Å²) < 4.78 is 4.19. The van der Waals surface area contributed by atoms with Crippen LogP contribution in [0.15, 0.2) is 30.6 Å². The fourth-order valence-corrected chi connectivity index (χ4v) is 6.02. The van der Waals surface area contributed by atoms with E-state index in [9.17, 15) is 4.79 Å². The van der Waals surface area contributed by atoms with Crippen molar-refractivity contribution in [3.63, 3.8) is 0 Å². The molecule has 0 saturated carbocycles. The number of likely N-dealkylation sites (tertiary alicyclic amines) is 1. The summed E-state index contributed by atoms with van der Waals surface area (Å²) in [5, 5.41) is 9.66. The van der Waals surface area contributed by atoms with E-state index in [4.69, 9.17) is 9.89 Å². The van der Waals surface area contributed by atoms with Crippen LogP contribution in [0.3, 0.4) is 0 Å². The summed E-state index contributed by atoms with van der Waals surface area (Å²) >= 11 is 0. The molecular formula is C29H39N7O2. The van der Waals surface area contributed by atoms with Crippen molar-refractivity contribution in [2.75, 3.05) is 38.1 Å². The number of amides is 1. The first-order valence-corrected chi connectivity index (χ1v) is 13.7. The first-order valence-electron chi connectivity index (χ1n) is 13.7. The topological polar surface area (TPSA) is 79.5 Å². The number of carbonyl (C=O) groups is 2. The van der Waals surface area contributed by atoms with E-state index >= 15 is 0 Å². The van der Waals surface area contributed by atoms with Gasteiger partial charge < -0.3 is 19.5 Å². The van der Waals surface area contributed by atoms with Gasteiger partial charge in [0.05, 0.1) is 18.8 Å². The molecule has 1 saturated heterocycles. The standard InChI is InChI=1S/C27H35N7O.C2H4O/c1-19(35)32-14-10-26-24(18-32)27(29-34(26)23-8-12-30(2)13-9-23)33-11-4-5-21-15-20(6-7-25(21)33)22-16-28-31(3)17-22;1-2-3/h6-7,15-17,23H,4-5,8-14,18H2,1-3H3;2H,1H3. The SMILES string of the molecule is CC(=O)N1CCc2c(c(N3CCCc4cc(-c5cnn(C)c5)ccc43)nn2C2CCN(C)CC2)C1.CC=O. The van der Waals surface area contributed by atoms with Gasteiger partial charge in [-0.25, -0.2) is 0 Å². The second-order valence-corrected chi connectivity index (χ2v) is 10.7. The lowest BCUT2D eigenvalue weighted by Gasteiger charge is -2.33. The Bertz CT molecular complexity index is 1300. The van der Waals surface area contributed by atoms with E-state index in [1.54, 1.807) is 6.92 Å². The minimum atomic E-state index is 0.147. The van der Waals surface area contributed by atoms with Crippen molar-refractivity contribution in [3.05, 3.63) is 47.4 Å². The zero-order chi connectivity index (χ0) is 26.8. The van der Waals surface area contributed by atoms with Crippen molar-refractivity contribution in [3.8, 4) is 11.1 Å².